The molecule has 2 aromatic carbocycles. The number of hydrogen-bond donors (Lipinski definition) is 1. The number of nitrogens with zero attached hydrogens (tertiary/aromatic N) is 1. The number of anilines is 1. The van der Waals surface area contributed by atoms with Crippen LogP contribution in [-0.4, -0.2) is 23.3 Å². The normalized spacial score (nSPS) is 18.3. The fraction of sp³-hybridized carbons (Fsp3) is 0.300. The van der Waals surface area contributed by atoms with Crippen molar-refractivity contribution in [1.82, 2.24) is 4.90 Å². The minimum Gasteiger partial charge on any atom is -0.335 e. The molecule has 0 aliphatic carbocycles. The van der Waals surface area contributed by atoms with Crippen LogP contribution in [0.5, 0.6) is 0 Å². The number of carbonyl (C=O) groups is 2. The van der Waals surface area contributed by atoms with Crippen molar-refractivity contribution in [2.45, 2.75) is 26.3 Å². The van der Waals surface area contributed by atoms with Gasteiger partial charge in [0.1, 0.15) is 0 Å². The van der Waals surface area contributed by atoms with Crippen LogP contribution in [0.15, 0.2) is 53.0 Å². The number of amides is 2. The van der Waals surface area contributed by atoms with Crippen LogP contribution >= 0.6 is 15.9 Å². The Morgan fingerprint density at radius 1 is 1.24 bits per heavy atom. The van der Waals surface area contributed by atoms with Crippen molar-refractivity contribution < 1.29 is 9.59 Å². The maximum absolute atomic E-state index is 12.6. The van der Waals surface area contributed by atoms with Gasteiger partial charge in [0.25, 0.3) is 0 Å². The highest BCUT2D eigenvalue weighted by atomic mass is 79.9. The Morgan fingerprint density at radius 3 is 2.64 bits per heavy atom. The molecular weight excluding hydrogens is 380 g/mol. The zero-order valence-electron chi connectivity index (χ0n) is 14.3. The third-order valence-corrected chi connectivity index (χ3v) is 5.32. The van der Waals surface area contributed by atoms with Gasteiger partial charge in [-0.05, 0) is 53.0 Å². The van der Waals surface area contributed by atoms with E-state index in [9.17, 15) is 9.59 Å². The van der Waals surface area contributed by atoms with Gasteiger partial charge in [-0.3, -0.25) is 9.59 Å². The van der Waals surface area contributed by atoms with E-state index in [4.69, 9.17) is 0 Å². The lowest BCUT2D eigenvalue weighted by molar-refractivity contribution is -0.129. The highest BCUT2D eigenvalue weighted by Gasteiger charge is 2.37. The summed E-state index contributed by atoms with van der Waals surface area (Å²) in [5.74, 6) is -0.410. The van der Waals surface area contributed by atoms with Gasteiger partial charge in [-0.2, -0.15) is 0 Å². The summed E-state index contributed by atoms with van der Waals surface area (Å²) in [5, 5.41) is 2.93. The van der Waals surface area contributed by atoms with Crippen molar-refractivity contribution in [2.75, 3.05) is 11.9 Å². The highest BCUT2D eigenvalue weighted by molar-refractivity contribution is 9.10. The van der Waals surface area contributed by atoms with E-state index < -0.39 is 0 Å². The Kier molecular flexibility index (Phi) is 5.23. The Hall–Kier alpha value is -2.14. The van der Waals surface area contributed by atoms with Crippen molar-refractivity contribution in [1.29, 1.82) is 0 Å². The van der Waals surface area contributed by atoms with Crippen molar-refractivity contribution >= 4 is 33.4 Å². The molecule has 130 valence electrons. The van der Waals surface area contributed by atoms with E-state index in [-0.39, 0.29) is 30.2 Å². The molecule has 1 N–H and O–H groups in total. The predicted octanol–water partition coefficient (Wildman–Crippen LogP) is 4.31. The lowest BCUT2D eigenvalue weighted by Crippen LogP contribution is -2.30. The molecule has 4 nitrogen and oxygen atoms in total. The van der Waals surface area contributed by atoms with E-state index >= 15 is 0 Å². The smallest absolute Gasteiger partial charge is 0.229 e. The third-order valence-electron chi connectivity index (χ3n) is 4.66. The van der Waals surface area contributed by atoms with Crippen LogP contribution in [0.4, 0.5) is 5.69 Å². The molecule has 1 fully saturated rings. The van der Waals surface area contributed by atoms with Crippen molar-refractivity contribution in [3.8, 4) is 0 Å². The van der Waals surface area contributed by atoms with Crippen LogP contribution in [-0.2, 0) is 9.59 Å². The van der Waals surface area contributed by atoms with Gasteiger partial charge in [0.15, 0.2) is 0 Å². The van der Waals surface area contributed by atoms with Crippen molar-refractivity contribution in [3.05, 3.63) is 64.1 Å². The third kappa shape index (κ3) is 3.93. The van der Waals surface area contributed by atoms with Crippen LogP contribution in [0, 0.1) is 12.8 Å². The molecule has 0 bridgehead atoms. The maximum atomic E-state index is 12.6. The lowest BCUT2D eigenvalue weighted by Gasteiger charge is -2.25. The van der Waals surface area contributed by atoms with E-state index in [1.807, 2.05) is 62.4 Å². The molecule has 0 saturated carbocycles. The Labute approximate surface area is 156 Å². The van der Waals surface area contributed by atoms with Gasteiger partial charge in [-0.25, -0.2) is 0 Å². The van der Waals surface area contributed by atoms with Gasteiger partial charge >= 0.3 is 0 Å². The monoisotopic (exact) mass is 400 g/mol. The second kappa shape index (κ2) is 7.40. The molecule has 0 spiro atoms. The summed E-state index contributed by atoms with van der Waals surface area (Å²) in [6.07, 6.45) is 0.256. The topological polar surface area (TPSA) is 49.4 Å². The Bertz CT molecular complexity index is 792. The summed E-state index contributed by atoms with van der Waals surface area (Å²) in [4.78, 5) is 26.8. The number of aryl methyl sites for hydroxylation is 1. The maximum Gasteiger partial charge on any atom is 0.229 e. The van der Waals surface area contributed by atoms with Crippen LogP contribution in [0.2, 0.25) is 0 Å². The molecule has 2 unspecified atom stereocenters. The fourth-order valence-electron chi connectivity index (χ4n) is 3.15. The van der Waals surface area contributed by atoms with Crippen LogP contribution in [0.25, 0.3) is 0 Å². The number of likely N-dealkylation sites (tertiary alicyclic amines) is 1. The molecule has 1 saturated heterocycles. The minimum atomic E-state index is -0.327. The first-order valence-corrected chi connectivity index (χ1v) is 9.16. The molecule has 2 aromatic rings. The summed E-state index contributed by atoms with van der Waals surface area (Å²) < 4.78 is 0.847. The van der Waals surface area contributed by atoms with Gasteiger partial charge in [0.05, 0.1) is 17.6 Å². The summed E-state index contributed by atoms with van der Waals surface area (Å²) in [6, 6.07) is 15.7. The zero-order valence-corrected chi connectivity index (χ0v) is 15.9. The van der Waals surface area contributed by atoms with Crippen LogP contribution in [0.3, 0.4) is 0 Å². The van der Waals surface area contributed by atoms with E-state index in [1.165, 1.54) is 0 Å². The summed E-state index contributed by atoms with van der Waals surface area (Å²) in [5.41, 5.74) is 2.93. The van der Waals surface area contributed by atoms with E-state index in [0.717, 1.165) is 21.3 Å². The van der Waals surface area contributed by atoms with Crippen molar-refractivity contribution in [2.24, 2.45) is 5.92 Å². The average Bonchev–Trinajstić information content (AvgIpc) is 2.99. The number of benzene rings is 2. The largest absolute Gasteiger partial charge is 0.335 e. The Morgan fingerprint density at radius 2 is 1.96 bits per heavy atom. The quantitative estimate of drug-likeness (QED) is 0.830. The first-order chi connectivity index (χ1) is 12.0. The molecule has 1 aliphatic heterocycles. The molecule has 0 radical (unpaired) electrons. The second-order valence-electron chi connectivity index (χ2n) is 6.51. The first-order valence-electron chi connectivity index (χ1n) is 8.37. The molecule has 1 aliphatic rings. The van der Waals surface area contributed by atoms with Crippen molar-refractivity contribution in [3.63, 3.8) is 0 Å². The van der Waals surface area contributed by atoms with Gasteiger partial charge in [-0.1, -0.05) is 36.4 Å². The van der Waals surface area contributed by atoms with Gasteiger partial charge < -0.3 is 10.2 Å². The average molecular weight is 401 g/mol. The number of rotatable bonds is 4. The number of hydrogen-bond acceptors (Lipinski definition) is 2. The summed E-state index contributed by atoms with van der Waals surface area (Å²) >= 11 is 3.47. The number of carbonyl (C=O) groups excluding carboxylic acids is 2. The van der Waals surface area contributed by atoms with E-state index in [2.05, 4.69) is 21.2 Å². The summed E-state index contributed by atoms with van der Waals surface area (Å²) in [6.45, 7) is 4.45. The molecule has 2 atom stereocenters. The molecule has 25 heavy (non-hydrogen) atoms. The highest BCUT2D eigenvalue weighted by Crippen LogP contribution is 2.30. The number of halogens is 1. The molecule has 5 heteroatoms. The molecule has 2 amide bonds. The zero-order chi connectivity index (χ0) is 18.0. The first kappa shape index (κ1) is 17.7. The summed E-state index contributed by atoms with van der Waals surface area (Å²) in [7, 11) is 0. The minimum absolute atomic E-state index is 0.0273. The molecule has 1 heterocycles. The fourth-order valence-corrected chi connectivity index (χ4v) is 3.74. The van der Waals surface area contributed by atoms with E-state index in [0.29, 0.717) is 6.54 Å². The van der Waals surface area contributed by atoms with Crippen LogP contribution in [0.1, 0.15) is 30.5 Å². The van der Waals surface area contributed by atoms with E-state index in [1.54, 1.807) is 4.90 Å². The Balaban J connectivity index is 1.68. The molecule has 3 rings (SSSR count). The lowest BCUT2D eigenvalue weighted by atomic mass is 10.1. The number of nitrogens with one attached hydrogen (secondary N) is 1. The standard InChI is InChI=1S/C20H21BrN2O2/c1-13-8-9-18(17(21)10-13)22-20(25)16-11-19(24)23(12-16)14(2)15-6-4-3-5-7-15/h3-10,14,16H,11-12H2,1-2H3,(H,22,25). The van der Waals surface area contributed by atoms with Crippen LogP contribution < -0.4 is 5.32 Å². The molecular formula is C20H21BrN2O2. The molecule has 0 aromatic heterocycles. The SMILES string of the molecule is Cc1ccc(NC(=O)C2CC(=O)N(C(C)c3ccccc3)C2)c(Br)c1. The second-order valence-corrected chi connectivity index (χ2v) is 7.36. The van der Waals surface area contributed by atoms with Gasteiger partial charge in [0.2, 0.25) is 11.8 Å². The van der Waals surface area contributed by atoms with Gasteiger partial charge in [-0.15, -0.1) is 0 Å². The predicted molar refractivity (Wildman–Crippen MR) is 102 cm³/mol. The van der Waals surface area contributed by atoms with Gasteiger partial charge in [0, 0.05) is 17.4 Å².